The van der Waals surface area contributed by atoms with Gasteiger partial charge < -0.3 is 5.32 Å². The molecule has 0 unspecified atom stereocenters. The molecule has 0 aliphatic heterocycles. The van der Waals surface area contributed by atoms with Gasteiger partial charge >= 0.3 is 0 Å². The predicted molar refractivity (Wildman–Crippen MR) is 38.5 cm³/mol. The average molecular weight is 140 g/mol. The zero-order chi connectivity index (χ0) is 7.40. The van der Waals surface area contributed by atoms with Crippen molar-refractivity contribution in [3.63, 3.8) is 0 Å². The molecular formula is C6H12N4. The van der Waals surface area contributed by atoms with E-state index >= 15 is 0 Å². The van der Waals surface area contributed by atoms with Crippen molar-refractivity contribution in [1.29, 1.82) is 0 Å². The number of nitrogens with one attached hydrogen (secondary N) is 1. The third kappa shape index (κ3) is 1.54. The highest BCUT2D eigenvalue weighted by molar-refractivity contribution is 4.79. The van der Waals surface area contributed by atoms with Gasteiger partial charge in [0.15, 0.2) is 5.82 Å². The molecule has 4 nitrogen and oxygen atoms in total. The molecule has 4 heteroatoms. The van der Waals surface area contributed by atoms with Crippen molar-refractivity contribution in [2.75, 3.05) is 7.05 Å². The summed E-state index contributed by atoms with van der Waals surface area (Å²) in [7, 11) is 1.88. The van der Waals surface area contributed by atoms with Gasteiger partial charge in [-0.05, 0) is 14.0 Å². The van der Waals surface area contributed by atoms with Crippen molar-refractivity contribution in [2.45, 2.75) is 20.0 Å². The first-order valence-electron chi connectivity index (χ1n) is 3.39. The molecule has 0 saturated heterocycles. The van der Waals surface area contributed by atoms with Gasteiger partial charge in [-0.1, -0.05) is 0 Å². The molecule has 0 bridgehead atoms. The third-order valence-electron chi connectivity index (χ3n) is 1.24. The first kappa shape index (κ1) is 7.21. The molecule has 0 saturated carbocycles. The molecular weight excluding hydrogens is 128 g/mol. The summed E-state index contributed by atoms with van der Waals surface area (Å²) in [6.45, 7) is 3.67. The number of aromatic nitrogens is 3. The summed E-state index contributed by atoms with van der Waals surface area (Å²) in [6, 6.07) is 0. The van der Waals surface area contributed by atoms with Crippen molar-refractivity contribution in [2.24, 2.45) is 0 Å². The van der Waals surface area contributed by atoms with Crippen LogP contribution in [0.1, 0.15) is 12.7 Å². The Labute approximate surface area is 60.3 Å². The fraction of sp³-hybridized carbons (Fsp3) is 0.667. The molecule has 56 valence electrons. The molecule has 10 heavy (non-hydrogen) atoms. The minimum absolute atomic E-state index is 0.743. The highest BCUT2D eigenvalue weighted by Gasteiger charge is 1.95. The van der Waals surface area contributed by atoms with Gasteiger partial charge in [0.1, 0.15) is 6.33 Å². The molecule has 0 atom stereocenters. The molecule has 0 radical (unpaired) electrons. The van der Waals surface area contributed by atoms with Crippen LogP contribution < -0.4 is 5.32 Å². The summed E-state index contributed by atoms with van der Waals surface area (Å²) < 4.78 is 1.81. The zero-order valence-electron chi connectivity index (χ0n) is 6.33. The quantitative estimate of drug-likeness (QED) is 0.643. The zero-order valence-corrected chi connectivity index (χ0v) is 6.33. The minimum Gasteiger partial charge on any atom is -0.313 e. The molecule has 1 N–H and O–H groups in total. The minimum atomic E-state index is 0.743. The number of nitrogens with zero attached hydrogens (tertiary/aromatic N) is 3. The van der Waals surface area contributed by atoms with E-state index in [-0.39, 0.29) is 0 Å². The maximum atomic E-state index is 4.16. The Morgan fingerprint density at radius 3 is 3.00 bits per heavy atom. The van der Waals surface area contributed by atoms with E-state index < -0.39 is 0 Å². The fourth-order valence-electron chi connectivity index (χ4n) is 0.725. The lowest BCUT2D eigenvalue weighted by Crippen LogP contribution is -2.07. The van der Waals surface area contributed by atoms with Crippen LogP contribution in [0.15, 0.2) is 6.33 Å². The first-order chi connectivity index (χ1) is 4.86. The molecule has 1 aromatic heterocycles. The van der Waals surface area contributed by atoms with E-state index in [9.17, 15) is 0 Å². The van der Waals surface area contributed by atoms with Crippen molar-refractivity contribution in [1.82, 2.24) is 20.1 Å². The van der Waals surface area contributed by atoms with Crippen LogP contribution in [0.4, 0.5) is 0 Å². The first-order valence-corrected chi connectivity index (χ1v) is 3.39. The summed E-state index contributed by atoms with van der Waals surface area (Å²) in [5, 5.41) is 7.14. The van der Waals surface area contributed by atoms with Gasteiger partial charge in [-0.3, -0.25) is 4.68 Å². The van der Waals surface area contributed by atoms with E-state index in [2.05, 4.69) is 15.4 Å². The Kier molecular flexibility index (Phi) is 2.39. The fourth-order valence-corrected chi connectivity index (χ4v) is 0.725. The Hall–Kier alpha value is -0.900. The molecule has 1 heterocycles. The van der Waals surface area contributed by atoms with E-state index in [1.165, 1.54) is 0 Å². The molecule has 0 aromatic carbocycles. The van der Waals surface area contributed by atoms with Crippen LogP contribution in [-0.2, 0) is 13.1 Å². The van der Waals surface area contributed by atoms with Crippen LogP contribution in [0.2, 0.25) is 0 Å². The Morgan fingerprint density at radius 2 is 2.50 bits per heavy atom. The van der Waals surface area contributed by atoms with Crippen LogP contribution >= 0.6 is 0 Å². The second-order valence-electron chi connectivity index (χ2n) is 2.05. The van der Waals surface area contributed by atoms with Gasteiger partial charge in [0.25, 0.3) is 0 Å². The summed E-state index contributed by atoms with van der Waals surface area (Å²) in [5.41, 5.74) is 0. The van der Waals surface area contributed by atoms with Crippen LogP contribution in [0.25, 0.3) is 0 Å². The van der Waals surface area contributed by atoms with Crippen LogP contribution in [0.5, 0.6) is 0 Å². The lowest BCUT2D eigenvalue weighted by molar-refractivity contribution is 0.637. The molecule has 0 fully saturated rings. The van der Waals surface area contributed by atoms with Gasteiger partial charge in [0.2, 0.25) is 0 Å². The highest BCUT2D eigenvalue weighted by Crippen LogP contribution is 1.87. The maximum absolute atomic E-state index is 4.16. The third-order valence-corrected chi connectivity index (χ3v) is 1.24. The van der Waals surface area contributed by atoms with Crippen LogP contribution in [0, 0.1) is 0 Å². The van der Waals surface area contributed by atoms with E-state index in [4.69, 9.17) is 0 Å². The van der Waals surface area contributed by atoms with Gasteiger partial charge in [-0.25, -0.2) is 4.98 Å². The highest BCUT2D eigenvalue weighted by atomic mass is 15.3. The van der Waals surface area contributed by atoms with Gasteiger partial charge in [0, 0.05) is 6.54 Å². The van der Waals surface area contributed by atoms with Crippen LogP contribution in [0.3, 0.4) is 0 Å². The number of rotatable bonds is 3. The van der Waals surface area contributed by atoms with Crippen molar-refractivity contribution in [3.05, 3.63) is 12.2 Å². The Morgan fingerprint density at radius 1 is 1.70 bits per heavy atom. The SMILES string of the molecule is CCn1cnc(CNC)n1. The van der Waals surface area contributed by atoms with Crippen molar-refractivity contribution in [3.8, 4) is 0 Å². The second kappa shape index (κ2) is 3.31. The normalized spacial score (nSPS) is 10.2. The van der Waals surface area contributed by atoms with E-state index in [0.717, 1.165) is 18.9 Å². The van der Waals surface area contributed by atoms with Gasteiger partial charge in [0.05, 0.1) is 6.54 Å². The van der Waals surface area contributed by atoms with Crippen molar-refractivity contribution < 1.29 is 0 Å². The van der Waals surface area contributed by atoms with E-state index in [0.29, 0.717) is 0 Å². The number of hydrogen-bond acceptors (Lipinski definition) is 3. The van der Waals surface area contributed by atoms with Gasteiger partial charge in [-0.2, -0.15) is 5.10 Å². The smallest absolute Gasteiger partial charge is 0.164 e. The molecule has 0 spiro atoms. The molecule has 1 rings (SSSR count). The second-order valence-corrected chi connectivity index (χ2v) is 2.05. The van der Waals surface area contributed by atoms with Crippen LogP contribution in [-0.4, -0.2) is 21.8 Å². The lowest BCUT2D eigenvalue weighted by atomic mass is 10.6. The number of aryl methyl sites for hydroxylation is 1. The van der Waals surface area contributed by atoms with E-state index in [1.54, 1.807) is 6.33 Å². The van der Waals surface area contributed by atoms with Crippen molar-refractivity contribution >= 4 is 0 Å². The summed E-state index contributed by atoms with van der Waals surface area (Å²) >= 11 is 0. The Balaban J connectivity index is 2.59. The molecule has 0 aliphatic rings. The summed E-state index contributed by atoms with van der Waals surface area (Å²) in [4.78, 5) is 4.07. The number of hydrogen-bond donors (Lipinski definition) is 1. The predicted octanol–water partition coefficient (Wildman–Crippen LogP) is 0.0174. The molecule has 0 amide bonds. The standard InChI is InChI=1S/C6H12N4/c1-3-10-5-8-6(9-10)4-7-2/h5,7H,3-4H2,1-2H3. The topological polar surface area (TPSA) is 42.7 Å². The van der Waals surface area contributed by atoms with E-state index in [1.807, 2.05) is 18.7 Å². The monoisotopic (exact) mass is 140 g/mol. The summed E-state index contributed by atoms with van der Waals surface area (Å²) in [6.07, 6.45) is 1.74. The average Bonchev–Trinajstić information content (AvgIpc) is 2.37. The largest absolute Gasteiger partial charge is 0.313 e. The lowest BCUT2D eigenvalue weighted by Gasteiger charge is -1.90. The maximum Gasteiger partial charge on any atom is 0.164 e. The molecule has 1 aromatic rings. The summed E-state index contributed by atoms with van der Waals surface area (Å²) in [5.74, 6) is 0.851. The van der Waals surface area contributed by atoms with Gasteiger partial charge in [-0.15, -0.1) is 0 Å². The molecule has 0 aliphatic carbocycles. The Bertz CT molecular complexity index is 193.